The first-order valence-electron chi connectivity index (χ1n) is 5.81. The predicted octanol–water partition coefficient (Wildman–Crippen LogP) is 3.27. The van der Waals surface area contributed by atoms with Crippen LogP contribution in [0, 0.1) is 0 Å². The summed E-state index contributed by atoms with van der Waals surface area (Å²) in [6, 6.07) is 5.18. The Labute approximate surface area is 120 Å². The SMILES string of the molecule is CCCNc1ccc(Cl)cc1C(=O)Nc1nncs1. The number of amides is 1. The fraction of sp³-hybridized carbons (Fsp3) is 0.250. The molecule has 0 atom stereocenters. The van der Waals surface area contributed by atoms with E-state index < -0.39 is 0 Å². The molecule has 2 rings (SSSR count). The molecular formula is C12H13ClN4OS. The number of aromatic nitrogens is 2. The molecule has 0 aliphatic heterocycles. The van der Waals surface area contributed by atoms with Crippen LogP contribution in [-0.4, -0.2) is 22.6 Å². The van der Waals surface area contributed by atoms with Crippen LogP contribution in [0.5, 0.6) is 0 Å². The van der Waals surface area contributed by atoms with Gasteiger partial charge in [-0.05, 0) is 24.6 Å². The van der Waals surface area contributed by atoms with Crippen molar-refractivity contribution in [3.63, 3.8) is 0 Å². The number of anilines is 2. The molecule has 1 amide bonds. The van der Waals surface area contributed by atoms with Gasteiger partial charge in [0.1, 0.15) is 5.51 Å². The highest BCUT2D eigenvalue weighted by atomic mass is 35.5. The van der Waals surface area contributed by atoms with Crippen LogP contribution in [0.3, 0.4) is 0 Å². The number of hydrogen-bond acceptors (Lipinski definition) is 5. The van der Waals surface area contributed by atoms with Crippen LogP contribution in [0.15, 0.2) is 23.7 Å². The number of carbonyl (C=O) groups excluding carboxylic acids is 1. The summed E-state index contributed by atoms with van der Waals surface area (Å²) >= 11 is 7.21. The van der Waals surface area contributed by atoms with E-state index in [0.717, 1.165) is 18.7 Å². The highest BCUT2D eigenvalue weighted by Gasteiger charge is 2.13. The lowest BCUT2D eigenvalue weighted by atomic mass is 10.1. The van der Waals surface area contributed by atoms with Gasteiger partial charge in [0, 0.05) is 17.3 Å². The Morgan fingerprint density at radius 1 is 1.47 bits per heavy atom. The zero-order chi connectivity index (χ0) is 13.7. The number of halogens is 1. The molecule has 0 unspecified atom stereocenters. The second-order valence-corrected chi connectivity index (χ2v) is 5.08. The molecule has 19 heavy (non-hydrogen) atoms. The molecule has 0 bridgehead atoms. The third-order valence-corrected chi connectivity index (χ3v) is 3.21. The largest absolute Gasteiger partial charge is 0.384 e. The first kappa shape index (κ1) is 13.8. The molecule has 100 valence electrons. The lowest BCUT2D eigenvalue weighted by Crippen LogP contribution is -2.15. The Hall–Kier alpha value is -1.66. The lowest BCUT2D eigenvalue weighted by molar-refractivity contribution is 0.102. The van der Waals surface area contributed by atoms with E-state index in [0.29, 0.717) is 15.7 Å². The Morgan fingerprint density at radius 3 is 3.00 bits per heavy atom. The number of nitrogens with one attached hydrogen (secondary N) is 2. The number of carbonyl (C=O) groups is 1. The van der Waals surface area contributed by atoms with Crippen molar-refractivity contribution in [1.82, 2.24) is 10.2 Å². The first-order valence-corrected chi connectivity index (χ1v) is 7.07. The first-order chi connectivity index (χ1) is 9.20. The quantitative estimate of drug-likeness (QED) is 0.888. The second-order valence-electron chi connectivity index (χ2n) is 3.81. The molecule has 2 aromatic rings. The van der Waals surface area contributed by atoms with E-state index in [2.05, 4.69) is 27.8 Å². The molecule has 0 spiro atoms. The summed E-state index contributed by atoms with van der Waals surface area (Å²) in [6.07, 6.45) is 0.972. The average Bonchev–Trinajstić information content (AvgIpc) is 2.90. The summed E-state index contributed by atoms with van der Waals surface area (Å²) in [6.45, 7) is 2.85. The van der Waals surface area contributed by atoms with E-state index in [1.165, 1.54) is 11.3 Å². The van der Waals surface area contributed by atoms with Gasteiger partial charge < -0.3 is 5.32 Å². The molecule has 1 aromatic heterocycles. The zero-order valence-electron chi connectivity index (χ0n) is 10.3. The van der Waals surface area contributed by atoms with E-state index in [1.54, 1.807) is 23.7 Å². The third kappa shape index (κ3) is 3.65. The van der Waals surface area contributed by atoms with Gasteiger partial charge in [-0.1, -0.05) is 29.9 Å². The summed E-state index contributed by atoms with van der Waals surface area (Å²) in [5.74, 6) is -0.252. The van der Waals surface area contributed by atoms with Crippen molar-refractivity contribution >= 4 is 39.7 Å². The van der Waals surface area contributed by atoms with Gasteiger partial charge >= 0.3 is 0 Å². The van der Waals surface area contributed by atoms with Gasteiger partial charge in [0.15, 0.2) is 0 Å². The van der Waals surface area contributed by atoms with Gasteiger partial charge in [0.25, 0.3) is 5.91 Å². The predicted molar refractivity (Wildman–Crippen MR) is 78.1 cm³/mol. The summed E-state index contributed by atoms with van der Waals surface area (Å²) < 4.78 is 0. The van der Waals surface area contributed by atoms with Crippen LogP contribution < -0.4 is 10.6 Å². The Morgan fingerprint density at radius 2 is 2.32 bits per heavy atom. The van der Waals surface area contributed by atoms with Crippen LogP contribution >= 0.6 is 22.9 Å². The smallest absolute Gasteiger partial charge is 0.259 e. The minimum absolute atomic E-state index is 0.252. The van der Waals surface area contributed by atoms with Crippen LogP contribution in [0.2, 0.25) is 5.02 Å². The fourth-order valence-corrected chi connectivity index (χ4v) is 2.12. The second kappa shape index (κ2) is 6.49. The highest BCUT2D eigenvalue weighted by Crippen LogP contribution is 2.22. The fourth-order valence-electron chi connectivity index (χ4n) is 1.51. The van der Waals surface area contributed by atoms with Gasteiger partial charge in [-0.15, -0.1) is 10.2 Å². The third-order valence-electron chi connectivity index (χ3n) is 2.37. The molecule has 0 fully saturated rings. The van der Waals surface area contributed by atoms with E-state index in [9.17, 15) is 4.79 Å². The Bertz CT molecular complexity index is 559. The molecular weight excluding hydrogens is 284 g/mol. The van der Waals surface area contributed by atoms with Crippen molar-refractivity contribution in [3.8, 4) is 0 Å². The monoisotopic (exact) mass is 296 g/mol. The molecule has 0 aliphatic carbocycles. The maximum Gasteiger partial charge on any atom is 0.259 e. The van der Waals surface area contributed by atoms with E-state index in [-0.39, 0.29) is 5.91 Å². The van der Waals surface area contributed by atoms with E-state index in [1.807, 2.05) is 0 Å². The van der Waals surface area contributed by atoms with Gasteiger partial charge in [0.2, 0.25) is 5.13 Å². The number of benzene rings is 1. The maximum absolute atomic E-state index is 12.2. The van der Waals surface area contributed by atoms with Crippen LogP contribution in [0.1, 0.15) is 23.7 Å². The standard InChI is InChI=1S/C12H13ClN4OS/c1-2-5-14-10-4-3-8(13)6-9(10)11(18)16-12-17-15-7-19-12/h3-4,6-7,14H,2,5H2,1H3,(H,16,17,18). The highest BCUT2D eigenvalue weighted by molar-refractivity contribution is 7.13. The molecule has 5 nitrogen and oxygen atoms in total. The molecule has 0 saturated heterocycles. The zero-order valence-corrected chi connectivity index (χ0v) is 11.9. The molecule has 7 heteroatoms. The molecule has 2 N–H and O–H groups in total. The molecule has 0 radical (unpaired) electrons. The van der Waals surface area contributed by atoms with Crippen molar-refractivity contribution < 1.29 is 4.79 Å². The molecule has 1 aromatic carbocycles. The topological polar surface area (TPSA) is 66.9 Å². The number of hydrogen-bond donors (Lipinski definition) is 2. The summed E-state index contributed by atoms with van der Waals surface area (Å²) in [5.41, 5.74) is 2.81. The Balaban J connectivity index is 2.21. The van der Waals surface area contributed by atoms with Crippen molar-refractivity contribution in [1.29, 1.82) is 0 Å². The minimum Gasteiger partial charge on any atom is -0.384 e. The number of rotatable bonds is 5. The minimum atomic E-state index is -0.252. The number of nitrogens with zero attached hydrogens (tertiary/aromatic N) is 2. The molecule has 0 aliphatic rings. The van der Waals surface area contributed by atoms with Crippen molar-refractivity contribution in [3.05, 3.63) is 34.3 Å². The Kier molecular flexibility index (Phi) is 4.70. The van der Waals surface area contributed by atoms with Gasteiger partial charge in [-0.3, -0.25) is 10.1 Å². The molecule has 1 heterocycles. The lowest BCUT2D eigenvalue weighted by Gasteiger charge is -2.11. The van der Waals surface area contributed by atoms with Gasteiger partial charge in [-0.25, -0.2) is 0 Å². The summed E-state index contributed by atoms with van der Waals surface area (Å²) in [5, 5.41) is 14.3. The van der Waals surface area contributed by atoms with E-state index >= 15 is 0 Å². The van der Waals surface area contributed by atoms with Gasteiger partial charge in [-0.2, -0.15) is 0 Å². The maximum atomic E-state index is 12.2. The molecule has 0 saturated carbocycles. The summed E-state index contributed by atoms with van der Waals surface area (Å²) in [4.78, 5) is 12.2. The van der Waals surface area contributed by atoms with Crippen molar-refractivity contribution in [2.24, 2.45) is 0 Å². The van der Waals surface area contributed by atoms with Crippen LogP contribution in [-0.2, 0) is 0 Å². The summed E-state index contributed by atoms with van der Waals surface area (Å²) in [7, 11) is 0. The normalized spacial score (nSPS) is 10.2. The van der Waals surface area contributed by atoms with Crippen molar-refractivity contribution in [2.45, 2.75) is 13.3 Å². The van der Waals surface area contributed by atoms with E-state index in [4.69, 9.17) is 11.6 Å². The average molecular weight is 297 g/mol. The van der Waals surface area contributed by atoms with Gasteiger partial charge in [0.05, 0.1) is 5.56 Å². The van der Waals surface area contributed by atoms with Crippen molar-refractivity contribution in [2.75, 3.05) is 17.2 Å². The van der Waals surface area contributed by atoms with Crippen LogP contribution in [0.4, 0.5) is 10.8 Å². The van der Waals surface area contributed by atoms with Crippen LogP contribution in [0.25, 0.3) is 0 Å².